The van der Waals surface area contributed by atoms with Gasteiger partial charge in [-0.05, 0) is 42.5 Å². The number of rotatable bonds is 11. The molecule has 2 aromatic rings. The van der Waals surface area contributed by atoms with Crippen molar-refractivity contribution in [3.05, 3.63) is 59.7 Å². The van der Waals surface area contributed by atoms with Gasteiger partial charge >= 0.3 is 0 Å². The normalized spacial score (nSPS) is 11.5. The molecule has 6 nitrogen and oxygen atoms in total. The zero-order valence-corrected chi connectivity index (χ0v) is 18.3. The molecule has 0 heterocycles. The minimum atomic E-state index is -0.475. The maximum Gasteiger partial charge on any atom is 0.242 e. The fraction of sp³-hybridized carbons (Fsp3) is 0.417. The van der Waals surface area contributed by atoms with Crippen LogP contribution in [0.4, 0.5) is 0 Å². The number of amides is 2. The van der Waals surface area contributed by atoms with Crippen molar-refractivity contribution in [2.45, 2.75) is 38.6 Å². The van der Waals surface area contributed by atoms with Gasteiger partial charge in [-0.15, -0.1) is 0 Å². The van der Waals surface area contributed by atoms with Gasteiger partial charge in [0.2, 0.25) is 11.8 Å². The summed E-state index contributed by atoms with van der Waals surface area (Å²) in [5, 5.41) is 2.69. The summed E-state index contributed by atoms with van der Waals surface area (Å²) in [6.07, 6.45) is 2.15. The van der Waals surface area contributed by atoms with Crippen LogP contribution in [0.2, 0.25) is 0 Å². The first-order valence-electron chi connectivity index (χ1n) is 10.3. The molecule has 0 aliphatic carbocycles. The lowest BCUT2D eigenvalue weighted by molar-refractivity contribution is -0.140. The van der Waals surface area contributed by atoms with Gasteiger partial charge in [0.1, 0.15) is 6.04 Å². The monoisotopic (exact) mass is 412 g/mol. The molecule has 0 unspecified atom stereocenters. The number of methoxy groups -OCH3 is 2. The molecule has 0 saturated heterocycles. The highest BCUT2D eigenvalue weighted by Gasteiger charge is 2.27. The number of likely N-dealkylation sites (N-methyl/N-ethyl adjacent to an activating group) is 1. The number of hydrogen-bond donors (Lipinski definition) is 1. The summed E-state index contributed by atoms with van der Waals surface area (Å²) in [5.74, 6) is 1.13. The van der Waals surface area contributed by atoms with E-state index in [1.54, 1.807) is 26.2 Å². The third-order valence-corrected chi connectivity index (χ3v) is 5.19. The Hall–Kier alpha value is -3.02. The minimum absolute atomic E-state index is 0.0313. The number of aryl methyl sites for hydroxylation is 1. The molecule has 0 saturated carbocycles. The van der Waals surface area contributed by atoms with Gasteiger partial charge in [-0.2, -0.15) is 0 Å². The van der Waals surface area contributed by atoms with E-state index in [0.717, 1.165) is 11.1 Å². The van der Waals surface area contributed by atoms with Crippen molar-refractivity contribution in [2.75, 3.05) is 27.8 Å². The molecule has 1 N–H and O–H groups in total. The van der Waals surface area contributed by atoms with Crippen molar-refractivity contribution in [1.82, 2.24) is 10.2 Å². The molecule has 162 valence electrons. The summed E-state index contributed by atoms with van der Waals surface area (Å²) < 4.78 is 10.6. The van der Waals surface area contributed by atoms with E-state index in [9.17, 15) is 9.59 Å². The second-order valence-electron chi connectivity index (χ2n) is 7.05. The molecule has 2 amide bonds. The average Bonchev–Trinajstić information content (AvgIpc) is 2.80. The van der Waals surface area contributed by atoms with Gasteiger partial charge in [-0.1, -0.05) is 43.3 Å². The van der Waals surface area contributed by atoms with E-state index in [-0.39, 0.29) is 11.8 Å². The number of hydrogen-bond acceptors (Lipinski definition) is 4. The van der Waals surface area contributed by atoms with E-state index >= 15 is 0 Å². The Bertz CT molecular complexity index is 823. The number of carbonyl (C=O) groups excluding carboxylic acids is 2. The first-order valence-corrected chi connectivity index (χ1v) is 10.3. The number of carbonyl (C=O) groups is 2. The Labute approximate surface area is 179 Å². The quantitative estimate of drug-likeness (QED) is 0.615. The van der Waals surface area contributed by atoms with Crippen LogP contribution < -0.4 is 14.8 Å². The van der Waals surface area contributed by atoms with E-state index in [0.29, 0.717) is 43.7 Å². The summed E-state index contributed by atoms with van der Waals surface area (Å²) in [6, 6.07) is 15.2. The predicted octanol–water partition coefficient (Wildman–Crippen LogP) is 3.23. The third-order valence-electron chi connectivity index (χ3n) is 5.19. The summed E-state index contributed by atoms with van der Waals surface area (Å²) >= 11 is 0. The molecule has 2 rings (SSSR count). The second-order valence-corrected chi connectivity index (χ2v) is 7.05. The Morgan fingerprint density at radius 3 is 2.27 bits per heavy atom. The largest absolute Gasteiger partial charge is 0.493 e. The molecule has 0 aliphatic rings. The van der Waals surface area contributed by atoms with Crippen LogP contribution in [0.15, 0.2) is 48.5 Å². The fourth-order valence-corrected chi connectivity index (χ4v) is 3.49. The fourth-order valence-electron chi connectivity index (χ4n) is 3.49. The van der Waals surface area contributed by atoms with Crippen LogP contribution in [-0.4, -0.2) is 50.6 Å². The van der Waals surface area contributed by atoms with Crippen molar-refractivity contribution in [3.63, 3.8) is 0 Å². The SMILES string of the molecule is CC[C@H](C(=O)NC)N(CCc1ccccc1)C(=O)CCc1ccc(OC)c(OC)c1. The van der Waals surface area contributed by atoms with Crippen LogP contribution in [0.3, 0.4) is 0 Å². The van der Waals surface area contributed by atoms with Crippen molar-refractivity contribution in [3.8, 4) is 11.5 Å². The van der Waals surface area contributed by atoms with Crippen molar-refractivity contribution in [1.29, 1.82) is 0 Å². The highest BCUT2D eigenvalue weighted by molar-refractivity contribution is 5.87. The first-order chi connectivity index (χ1) is 14.5. The molecule has 0 radical (unpaired) electrons. The number of benzene rings is 2. The molecule has 0 aromatic heterocycles. The molecule has 1 atom stereocenters. The van der Waals surface area contributed by atoms with Gasteiger partial charge in [0.15, 0.2) is 11.5 Å². The third kappa shape index (κ3) is 6.24. The first kappa shape index (κ1) is 23.3. The van der Waals surface area contributed by atoms with Crippen LogP contribution >= 0.6 is 0 Å². The average molecular weight is 413 g/mol. The van der Waals surface area contributed by atoms with E-state index < -0.39 is 6.04 Å². The lowest BCUT2D eigenvalue weighted by atomic mass is 10.1. The zero-order chi connectivity index (χ0) is 21.9. The standard InChI is InChI=1S/C24H32N2O4/c1-5-20(24(28)25-2)26(16-15-18-9-7-6-8-10-18)23(27)14-12-19-11-13-21(29-3)22(17-19)30-4/h6-11,13,17,20H,5,12,14-16H2,1-4H3,(H,25,28)/t20-/m1/s1. The van der Waals surface area contributed by atoms with Crippen LogP contribution in [0.25, 0.3) is 0 Å². The van der Waals surface area contributed by atoms with Crippen LogP contribution in [-0.2, 0) is 22.4 Å². The van der Waals surface area contributed by atoms with Gasteiger partial charge < -0.3 is 19.7 Å². The highest BCUT2D eigenvalue weighted by atomic mass is 16.5. The van der Waals surface area contributed by atoms with Crippen molar-refractivity contribution < 1.29 is 19.1 Å². The van der Waals surface area contributed by atoms with Crippen LogP contribution in [0.5, 0.6) is 11.5 Å². The van der Waals surface area contributed by atoms with E-state index in [1.165, 1.54) is 0 Å². The van der Waals surface area contributed by atoms with Gasteiger partial charge in [0, 0.05) is 20.0 Å². The highest BCUT2D eigenvalue weighted by Crippen LogP contribution is 2.28. The van der Waals surface area contributed by atoms with Gasteiger partial charge in [-0.25, -0.2) is 0 Å². The van der Waals surface area contributed by atoms with Crippen LogP contribution in [0, 0.1) is 0 Å². The zero-order valence-electron chi connectivity index (χ0n) is 18.3. The molecule has 2 aromatic carbocycles. The summed E-state index contributed by atoms with van der Waals surface area (Å²) in [7, 11) is 4.79. The van der Waals surface area contributed by atoms with Gasteiger partial charge in [-0.3, -0.25) is 9.59 Å². The smallest absolute Gasteiger partial charge is 0.242 e. The Morgan fingerprint density at radius 1 is 0.967 bits per heavy atom. The van der Waals surface area contributed by atoms with Crippen molar-refractivity contribution >= 4 is 11.8 Å². The summed E-state index contributed by atoms with van der Waals surface area (Å²) in [4.78, 5) is 27.2. The maximum absolute atomic E-state index is 13.1. The molecule has 0 bridgehead atoms. The Balaban J connectivity index is 2.11. The van der Waals surface area contributed by atoms with E-state index in [1.807, 2.05) is 55.5 Å². The van der Waals surface area contributed by atoms with E-state index in [4.69, 9.17) is 9.47 Å². The number of nitrogens with one attached hydrogen (secondary N) is 1. The van der Waals surface area contributed by atoms with Gasteiger partial charge in [0.25, 0.3) is 0 Å². The maximum atomic E-state index is 13.1. The molecule has 0 spiro atoms. The predicted molar refractivity (Wildman–Crippen MR) is 118 cm³/mol. The number of nitrogens with zero attached hydrogens (tertiary/aromatic N) is 1. The van der Waals surface area contributed by atoms with E-state index in [2.05, 4.69) is 5.32 Å². The Morgan fingerprint density at radius 2 is 1.67 bits per heavy atom. The summed E-state index contributed by atoms with van der Waals surface area (Å²) in [5.41, 5.74) is 2.12. The topological polar surface area (TPSA) is 67.9 Å². The second kappa shape index (κ2) is 11.9. The number of ether oxygens (including phenoxy) is 2. The summed E-state index contributed by atoms with van der Waals surface area (Å²) in [6.45, 7) is 2.43. The lowest BCUT2D eigenvalue weighted by Gasteiger charge is -2.30. The Kier molecular flexibility index (Phi) is 9.19. The van der Waals surface area contributed by atoms with Gasteiger partial charge in [0.05, 0.1) is 14.2 Å². The molecule has 30 heavy (non-hydrogen) atoms. The molecule has 6 heteroatoms. The van der Waals surface area contributed by atoms with Crippen LogP contribution in [0.1, 0.15) is 30.9 Å². The molecule has 0 aliphatic heterocycles. The molecular weight excluding hydrogens is 380 g/mol. The van der Waals surface area contributed by atoms with Crippen molar-refractivity contribution in [2.24, 2.45) is 0 Å². The molecular formula is C24H32N2O4. The lowest BCUT2D eigenvalue weighted by Crippen LogP contribution is -2.49. The molecule has 0 fully saturated rings. The minimum Gasteiger partial charge on any atom is -0.493 e.